The Kier molecular flexibility index (Phi) is 14.5. The number of hydrogen-bond acceptors (Lipinski definition) is 14. The second-order valence-electron chi connectivity index (χ2n) is 16.7. The number of esters is 2. The number of fused-ring (bicyclic) bond motifs is 2. The number of likely N-dealkylation sites (tertiary alicyclic amines) is 2. The van der Waals surface area contributed by atoms with E-state index in [2.05, 4.69) is 44.7 Å². The van der Waals surface area contributed by atoms with Crippen molar-refractivity contribution in [2.45, 2.75) is 73.2 Å². The lowest BCUT2D eigenvalue weighted by Gasteiger charge is -2.36. The minimum Gasteiger partial charge on any atom is -0.450 e. The molecule has 4 aliphatic heterocycles. The Labute approximate surface area is 383 Å². The molecule has 0 aliphatic carbocycles. The van der Waals surface area contributed by atoms with Gasteiger partial charge in [-0.05, 0) is 73.6 Å². The van der Waals surface area contributed by atoms with Crippen LogP contribution in [0.2, 0.25) is 0 Å². The monoisotopic (exact) mass is 908 g/mol. The number of piperidine rings is 2. The van der Waals surface area contributed by atoms with Gasteiger partial charge in [-0.25, -0.2) is 9.59 Å². The first kappa shape index (κ1) is 45.2. The number of thioether (sulfide) groups is 2. The maximum absolute atomic E-state index is 13.9. The maximum atomic E-state index is 13.9. The van der Waals surface area contributed by atoms with E-state index in [4.69, 9.17) is 18.9 Å². The highest BCUT2D eigenvalue weighted by Gasteiger charge is 2.37. The molecule has 16 heteroatoms. The van der Waals surface area contributed by atoms with Crippen LogP contribution in [0.4, 0.5) is 11.4 Å². The molecule has 0 bridgehead atoms. The van der Waals surface area contributed by atoms with Crippen molar-refractivity contribution >= 4 is 58.7 Å². The zero-order valence-electron chi connectivity index (χ0n) is 36.7. The quantitative estimate of drug-likeness (QED) is 0.0973. The molecule has 338 valence electrons. The summed E-state index contributed by atoms with van der Waals surface area (Å²) in [6.45, 7) is 5.36. The van der Waals surface area contributed by atoms with E-state index in [-0.39, 0.29) is 48.5 Å². The fourth-order valence-electron chi connectivity index (χ4n) is 8.68. The predicted octanol–water partition coefficient (Wildman–Crippen LogP) is 6.02. The van der Waals surface area contributed by atoms with Gasteiger partial charge in [0.25, 0.3) is 24.4 Å². The number of anilines is 2. The molecule has 64 heavy (non-hydrogen) atoms. The van der Waals surface area contributed by atoms with E-state index in [0.717, 1.165) is 74.7 Å². The number of nitrogens with zero attached hydrogens (tertiary/aromatic N) is 4. The van der Waals surface area contributed by atoms with Crippen molar-refractivity contribution in [2.75, 3.05) is 75.7 Å². The largest absolute Gasteiger partial charge is 0.450 e. The Morgan fingerprint density at radius 1 is 0.594 bits per heavy atom. The maximum Gasteiger partial charge on any atom is 0.420 e. The first-order chi connectivity index (χ1) is 31.0. The number of benzene rings is 4. The second kappa shape index (κ2) is 20.6. The Balaban J connectivity index is 0.877. The van der Waals surface area contributed by atoms with E-state index < -0.39 is 24.5 Å². The molecule has 2 fully saturated rings. The number of carbonyl (C=O) groups is 4. The number of rotatable bonds is 12. The molecular formula is C48H56N6O8S2. The summed E-state index contributed by atoms with van der Waals surface area (Å²) in [6.07, 6.45) is 4.67. The predicted molar refractivity (Wildman–Crippen MR) is 248 cm³/mol. The van der Waals surface area contributed by atoms with Crippen LogP contribution in [-0.2, 0) is 32.2 Å². The summed E-state index contributed by atoms with van der Waals surface area (Å²) in [5.41, 5.74) is 4.49. The van der Waals surface area contributed by atoms with Crippen LogP contribution < -0.4 is 29.9 Å². The third-order valence-corrected chi connectivity index (χ3v) is 13.6. The lowest BCUT2D eigenvalue weighted by Crippen LogP contribution is -2.46. The van der Waals surface area contributed by atoms with Gasteiger partial charge in [0.2, 0.25) is 0 Å². The molecule has 0 saturated carbocycles. The van der Waals surface area contributed by atoms with Crippen molar-refractivity contribution in [1.82, 2.24) is 20.4 Å². The molecule has 2 atom stereocenters. The van der Waals surface area contributed by atoms with E-state index in [9.17, 15) is 19.2 Å². The minimum absolute atomic E-state index is 0.0161. The molecule has 2 N–H and O–H groups in total. The molecular weight excluding hydrogens is 853 g/mol. The van der Waals surface area contributed by atoms with E-state index >= 15 is 0 Å². The van der Waals surface area contributed by atoms with Gasteiger partial charge in [0.1, 0.15) is 0 Å². The van der Waals surface area contributed by atoms with Crippen LogP contribution in [0.3, 0.4) is 0 Å². The molecule has 0 aromatic heterocycles. The smallest absolute Gasteiger partial charge is 0.420 e. The molecule has 8 rings (SSSR count). The fraction of sp³-hybridized carbons (Fsp3) is 0.417. The number of nitrogens with one attached hydrogen (secondary N) is 2. The molecule has 0 radical (unpaired) electrons. The molecule has 4 heterocycles. The number of amides is 2. The lowest BCUT2D eigenvalue weighted by atomic mass is 10.0. The average molecular weight is 909 g/mol. The van der Waals surface area contributed by atoms with Gasteiger partial charge < -0.3 is 39.4 Å². The van der Waals surface area contributed by atoms with Crippen LogP contribution >= 0.6 is 23.5 Å². The number of likely N-dealkylation sites (N-methyl/N-ethyl adjacent to an activating group) is 2. The SMILES string of the molecule is CSc1cc(C(=O)NC2CCN(Cc3ccccc3)CC2)c2c(c1)N(C)CC(OC(=O)C(=O)OC1CN(C)c3cc(SC)cc(C(=O)NC4CCN(Cc5ccccc5)CC4)c3O1)O2. The van der Waals surface area contributed by atoms with E-state index in [1.165, 1.54) is 34.7 Å². The van der Waals surface area contributed by atoms with Crippen molar-refractivity contribution < 1.29 is 38.1 Å². The van der Waals surface area contributed by atoms with E-state index in [1.807, 2.05) is 84.9 Å². The van der Waals surface area contributed by atoms with Gasteiger partial charge in [-0.3, -0.25) is 19.4 Å². The van der Waals surface area contributed by atoms with Crippen LogP contribution in [0.1, 0.15) is 57.5 Å². The van der Waals surface area contributed by atoms with Crippen LogP contribution in [0.15, 0.2) is 94.7 Å². The van der Waals surface area contributed by atoms with Crippen molar-refractivity contribution in [1.29, 1.82) is 0 Å². The number of carbonyl (C=O) groups excluding carboxylic acids is 4. The van der Waals surface area contributed by atoms with Crippen molar-refractivity contribution in [3.8, 4) is 11.5 Å². The van der Waals surface area contributed by atoms with Crippen molar-refractivity contribution in [3.63, 3.8) is 0 Å². The fourth-order valence-corrected chi connectivity index (χ4v) is 9.61. The van der Waals surface area contributed by atoms with Crippen molar-refractivity contribution in [3.05, 3.63) is 107 Å². The van der Waals surface area contributed by atoms with Gasteiger partial charge in [0.05, 0.1) is 35.6 Å². The summed E-state index contributed by atoms with van der Waals surface area (Å²) in [6, 6.07) is 28.1. The summed E-state index contributed by atoms with van der Waals surface area (Å²) in [4.78, 5) is 64.7. The summed E-state index contributed by atoms with van der Waals surface area (Å²) in [5.74, 6) is -2.59. The number of ether oxygens (including phenoxy) is 4. The lowest BCUT2D eigenvalue weighted by molar-refractivity contribution is -0.189. The van der Waals surface area contributed by atoms with Crippen LogP contribution in [0.5, 0.6) is 11.5 Å². The van der Waals surface area contributed by atoms with Crippen LogP contribution in [0.25, 0.3) is 0 Å². The molecule has 4 aromatic carbocycles. The van der Waals surface area contributed by atoms with Gasteiger partial charge in [-0.1, -0.05) is 60.7 Å². The average Bonchev–Trinajstić information content (AvgIpc) is 3.30. The number of hydrogen-bond donors (Lipinski definition) is 2. The van der Waals surface area contributed by atoms with Crippen molar-refractivity contribution in [2.24, 2.45) is 0 Å². The first-order valence-electron chi connectivity index (χ1n) is 21.8. The molecule has 4 aromatic rings. The Bertz CT molecular complexity index is 2150. The van der Waals surface area contributed by atoms with Crippen LogP contribution in [-0.4, -0.2) is 124 Å². The summed E-state index contributed by atoms with van der Waals surface area (Å²) < 4.78 is 23.6. The van der Waals surface area contributed by atoms with E-state index in [0.29, 0.717) is 22.5 Å². The van der Waals surface area contributed by atoms with Gasteiger partial charge in [0.15, 0.2) is 11.5 Å². The summed E-state index contributed by atoms with van der Waals surface area (Å²) >= 11 is 3.01. The third kappa shape index (κ3) is 10.9. The van der Waals surface area contributed by atoms with Gasteiger partial charge >= 0.3 is 11.9 Å². The van der Waals surface area contributed by atoms with E-state index in [1.54, 1.807) is 12.1 Å². The minimum atomic E-state index is -1.28. The molecule has 0 spiro atoms. The Morgan fingerprint density at radius 3 is 1.33 bits per heavy atom. The first-order valence-corrected chi connectivity index (χ1v) is 24.2. The highest BCUT2D eigenvalue weighted by atomic mass is 32.2. The normalized spacial score (nSPS) is 19.4. The zero-order valence-corrected chi connectivity index (χ0v) is 38.4. The van der Waals surface area contributed by atoms with Gasteiger partial charge in [-0.15, -0.1) is 23.5 Å². The topological polar surface area (TPSA) is 142 Å². The van der Waals surface area contributed by atoms with Gasteiger partial charge in [-0.2, -0.15) is 0 Å². The molecule has 2 amide bonds. The second-order valence-corrected chi connectivity index (χ2v) is 18.5. The third-order valence-electron chi connectivity index (χ3n) is 12.2. The highest BCUT2D eigenvalue weighted by molar-refractivity contribution is 7.98. The molecule has 2 unspecified atom stereocenters. The standard InChI is InChI=1S/C48H56N6O8S2/c1-51-29-41(59-43-37(23-35(63-3)25-39(43)51)45(55)49-33-15-19-53(20-16-33)27-31-11-7-5-8-12-31)61-47(57)48(58)62-42-30-52(2)40-26-36(64-4)24-38(44(40)60-42)46(56)50-34-17-21-54(22-18-34)28-32-13-9-6-10-14-32/h5-14,23-26,33-34,41-42H,15-22,27-30H2,1-4H3,(H,49,55)(H,50,56). The molecule has 14 nitrogen and oxygen atoms in total. The Morgan fingerprint density at radius 2 is 0.969 bits per heavy atom. The molecule has 2 saturated heterocycles. The molecule has 4 aliphatic rings. The zero-order chi connectivity index (χ0) is 44.7. The van der Waals surface area contributed by atoms with Gasteiger partial charge in [0, 0.05) is 75.2 Å². The van der Waals surface area contributed by atoms with Crippen LogP contribution in [0, 0.1) is 0 Å². The summed E-state index contributed by atoms with van der Waals surface area (Å²) in [5, 5.41) is 6.42. The summed E-state index contributed by atoms with van der Waals surface area (Å²) in [7, 11) is 3.62. The Hall–Kier alpha value is -5.42. The highest BCUT2D eigenvalue weighted by Crippen LogP contribution is 2.41.